The van der Waals surface area contributed by atoms with Gasteiger partial charge in [-0.1, -0.05) is 55.6 Å². The molecule has 8 nitrogen and oxygen atoms in total. The average Bonchev–Trinajstić information content (AvgIpc) is 3.43. The van der Waals surface area contributed by atoms with Crippen LogP contribution < -0.4 is 0 Å². The second-order valence-electron chi connectivity index (χ2n) is 8.79. The van der Waals surface area contributed by atoms with Crippen LogP contribution in [-0.2, 0) is 16.1 Å². The van der Waals surface area contributed by atoms with Crippen molar-refractivity contribution < 1.29 is 19.3 Å². The van der Waals surface area contributed by atoms with Crippen molar-refractivity contribution in [3.05, 3.63) is 74.8 Å². The summed E-state index contributed by atoms with van der Waals surface area (Å²) in [6.45, 7) is -0.0330. The largest absolute Gasteiger partial charge is 0.273 e. The lowest BCUT2D eigenvalue weighted by Gasteiger charge is -2.31. The highest BCUT2D eigenvalue weighted by atomic mass is 79.9. The van der Waals surface area contributed by atoms with Crippen LogP contribution in [0.2, 0.25) is 5.02 Å². The van der Waals surface area contributed by atoms with Gasteiger partial charge in [0.1, 0.15) is 0 Å². The molecule has 1 aliphatic heterocycles. The minimum absolute atomic E-state index is 0.00711. The van der Waals surface area contributed by atoms with Crippen molar-refractivity contribution in [3.8, 4) is 0 Å². The first-order chi connectivity index (χ1) is 16.2. The number of fused-ring (bicyclic) bond motifs is 5. The number of nitro groups is 1. The monoisotopic (exact) mass is 609 g/mol. The summed E-state index contributed by atoms with van der Waals surface area (Å²) in [6.07, 6.45) is 0.778. The SMILES string of the molecule is O=C(c1ccc([N+](=O)[O-])cc1)N(Cc1ccc(Cl)cc1)N1C(=O)[C@@H]2[C@H]3C[C@@H]([C@@H](Br)[C@H]3Br)[C@H]2C1=O. The molecule has 1 saturated heterocycles. The van der Waals surface area contributed by atoms with Crippen LogP contribution in [0.3, 0.4) is 0 Å². The zero-order chi connectivity index (χ0) is 24.3. The van der Waals surface area contributed by atoms with E-state index in [4.69, 9.17) is 11.6 Å². The Bertz CT molecular complexity index is 1160. The molecule has 0 N–H and O–H groups in total. The maximum atomic E-state index is 13.6. The van der Waals surface area contributed by atoms with E-state index in [1.165, 1.54) is 24.3 Å². The van der Waals surface area contributed by atoms with E-state index in [1.807, 2.05) is 0 Å². The van der Waals surface area contributed by atoms with Crippen molar-refractivity contribution in [2.75, 3.05) is 0 Å². The highest BCUT2D eigenvalue weighted by Gasteiger charge is 2.67. The summed E-state index contributed by atoms with van der Waals surface area (Å²) < 4.78 is 0. The molecule has 0 unspecified atom stereocenters. The molecular formula is C23H18Br2ClN3O5. The number of benzene rings is 2. The van der Waals surface area contributed by atoms with E-state index in [9.17, 15) is 24.5 Å². The molecule has 11 heteroatoms. The van der Waals surface area contributed by atoms with Crippen molar-refractivity contribution in [1.29, 1.82) is 0 Å². The number of alkyl halides is 2. The summed E-state index contributed by atoms with van der Waals surface area (Å²) in [7, 11) is 0. The third-order valence-electron chi connectivity index (χ3n) is 7.01. The number of rotatable bonds is 5. The van der Waals surface area contributed by atoms with E-state index in [1.54, 1.807) is 24.3 Å². The van der Waals surface area contributed by atoms with Gasteiger partial charge in [-0.15, -0.1) is 0 Å². The number of hydrogen-bond acceptors (Lipinski definition) is 5. The van der Waals surface area contributed by atoms with Crippen LogP contribution in [0, 0.1) is 33.8 Å². The molecule has 0 spiro atoms. The number of non-ortho nitro benzene ring substituents is 1. The molecule has 0 aromatic heterocycles. The smallest absolute Gasteiger partial charge is 0.272 e. The topological polar surface area (TPSA) is 101 Å². The Hall–Kier alpha value is -2.30. The number of hydrogen-bond donors (Lipinski definition) is 0. The van der Waals surface area contributed by atoms with Gasteiger partial charge in [-0.2, -0.15) is 5.01 Å². The van der Waals surface area contributed by atoms with Gasteiger partial charge in [0.25, 0.3) is 23.4 Å². The lowest BCUT2D eigenvalue weighted by Crippen LogP contribution is -2.50. The molecule has 2 aliphatic carbocycles. The lowest BCUT2D eigenvalue weighted by molar-refractivity contribution is -0.384. The van der Waals surface area contributed by atoms with Crippen LogP contribution >= 0.6 is 43.5 Å². The summed E-state index contributed by atoms with van der Waals surface area (Å²) in [5, 5.41) is 13.7. The van der Waals surface area contributed by atoms with Gasteiger partial charge in [0.05, 0.1) is 23.3 Å². The first-order valence-corrected chi connectivity index (χ1v) is 12.9. The van der Waals surface area contributed by atoms with Gasteiger partial charge in [0.15, 0.2) is 0 Å². The Kier molecular flexibility index (Phi) is 6.02. The van der Waals surface area contributed by atoms with E-state index < -0.39 is 22.7 Å². The Balaban J connectivity index is 1.51. The minimum atomic E-state index is -0.593. The van der Waals surface area contributed by atoms with Crippen LogP contribution in [0.1, 0.15) is 22.3 Å². The van der Waals surface area contributed by atoms with Gasteiger partial charge >= 0.3 is 0 Å². The summed E-state index contributed by atoms with van der Waals surface area (Å²) in [5.41, 5.74) is 0.654. The fourth-order valence-electron chi connectivity index (χ4n) is 5.44. The van der Waals surface area contributed by atoms with Crippen LogP contribution in [0.25, 0.3) is 0 Å². The molecule has 176 valence electrons. The summed E-state index contributed by atoms with van der Waals surface area (Å²) in [5.74, 6) is -2.29. The maximum Gasteiger partial charge on any atom is 0.273 e. The third kappa shape index (κ3) is 3.67. The molecule has 2 aromatic carbocycles. The van der Waals surface area contributed by atoms with Gasteiger partial charge in [0.2, 0.25) is 0 Å². The molecule has 34 heavy (non-hydrogen) atoms. The first kappa shape index (κ1) is 23.4. The summed E-state index contributed by atoms with van der Waals surface area (Å²) in [6, 6.07) is 11.9. The summed E-state index contributed by atoms with van der Waals surface area (Å²) >= 11 is 13.3. The fourth-order valence-corrected chi connectivity index (χ4v) is 7.44. The van der Waals surface area contributed by atoms with E-state index in [0.717, 1.165) is 16.4 Å². The molecule has 3 amide bonds. The Labute approximate surface area is 216 Å². The molecule has 2 saturated carbocycles. The van der Waals surface area contributed by atoms with Gasteiger partial charge in [0, 0.05) is 32.4 Å². The van der Waals surface area contributed by atoms with Crippen LogP contribution in [0.4, 0.5) is 5.69 Å². The maximum absolute atomic E-state index is 13.6. The molecule has 2 aromatic rings. The van der Waals surface area contributed by atoms with Gasteiger partial charge in [-0.3, -0.25) is 24.5 Å². The normalized spacial score (nSPS) is 29.4. The quantitative estimate of drug-likeness (QED) is 0.213. The second kappa shape index (κ2) is 8.73. The molecule has 0 radical (unpaired) electrons. The average molecular weight is 612 g/mol. The fraction of sp³-hybridized carbons (Fsp3) is 0.348. The van der Waals surface area contributed by atoms with Gasteiger partial charge < -0.3 is 0 Å². The molecule has 1 heterocycles. The number of imide groups is 1. The van der Waals surface area contributed by atoms with Crippen LogP contribution in [0.15, 0.2) is 48.5 Å². The van der Waals surface area contributed by atoms with Crippen molar-refractivity contribution >= 4 is 66.9 Å². The van der Waals surface area contributed by atoms with Crippen molar-refractivity contribution in [2.45, 2.75) is 22.6 Å². The van der Waals surface area contributed by atoms with Gasteiger partial charge in [-0.25, -0.2) is 5.01 Å². The highest BCUT2D eigenvalue weighted by molar-refractivity contribution is 9.12. The molecule has 2 bridgehead atoms. The van der Waals surface area contributed by atoms with Crippen molar-refractivity contribution in [3.63, 3.8) is 0 Å². The predicted molar refractivity (Wildman–Crippen MR) is 130 cm³/mol. The number of amides is 3. The number of nitrogens with zero attached hydrogens (tertiary/aromatic N) is 3. The predicted octanol–water partition coefficient (Wildman–Crippen LogP) is 4.58. The highest BCUT2D eigenvalue weighted by Crippen LogP contribution is 2.60. The van der Waals surface area contributed by atoms with Gasteiger partial charge in [-0.05, 0) is 48.1 Å². The third-order valence-corrected chi connectivity index (χ3v) is 10.5. The Morgan fingerprint density at radius 1 is 1.00 bits per heavy atom. The number of carbonyl (C=O) groups is 3. The zero-order valence-electron chi connectivity index (χ0n) is 17.5. The lowest BCUT2D eigenvalue weighted by atomic mass is 9.81. The van der Waals surface area contributed by atoms with Crippen molar-refractivity contribution in [2.24, 2.45) is 23.7 Å². The molecule has 5 rings (SSSR count). The minimum Gasteiger partial charge on any atom is -0.272 e. The van der Waals surface area contributed by atoms with E-state index in [-0.39, 0.29) is 51.1 Å². The standard InChI is InChI=1S/C23H18Br2ClN3O5/c24-19-15-9-16(20(19)25)18-17(15)22(31)28(23(18)32)27(10-11-1-5-13(26)6-2-11)21(30)12-3-7-14(8-4-12)29(33)34/h1-8,15-20H,9-10H2/t15-,16-,17-,18-,19-,20+/m1/s1. The molecule has 3 aliphatic rings. The van der Waals surface area contributed by atoms with Crippen LogP contribution in [0.5, 0.6) is 0 Å². The second-order valence-corrected chi connectivity index (χ2v) is 11.3. The summed E-state index contributed by atoms with van der Waals surface area (Å²) in [4.78, 5) is 51.3. The van der Waals surface area contributed by atoms with Crippen molar-refractivity contribution in [1.82, 2.24) is 10.0 Å². The Morgan fingerprint density at radius 3 is 2.03 bits per heavy atom. The number of nitro benzene ring substituents is 1. The van der Waals surface area contributed by atoms with E-state index >= 15 is 0 Å². The number of carbonyl (C=O) groups excluding carboxylic acids is 3. The molecular weight excluding hydrogens is 594 g/mol. The number of hydrazine groups is 1. The first-order valence-electron chi connectivity index (χ1n) is 10.7. The Morgan fingerprint density at radius 2 is 1.53 bits per heavy atom. The molecule has 3 fully saturated rings. The van der Waals surface area contributed by atoms with Crippen LogP contribution in [-0.4, -0.2) is 42.3 Å². The zero-order valence-corrected chi connectivity index (χ0v) is 21.4. The number of halogens is 3. The van der Waals surface area contributed by atoms with E-state index in [0.29, 0.717) is 10.6 Å². The van der Waals surface area contributed by atoms with E-state index in [2.05, 4.69) is 31.9 Å². The molecule has 6 atom stereocenters.